The topological polar surface area (TPSA) is 112 Å². The molecule has 0 aliphatic carbocycles. The number of aliphatic carboxylic acids is 1. The molecule has 0 aliphatic heterocycles. The standard InChI is InChI=1S/C13H15N3O4S/c17-13(18)12(6-11-7-14-9-15-11)16-21(19,20)8-10-4-2-1-3-5-10/h1-5,7,9,12,16H,6,8H2,(H,14,15)(H,17,18). The molecular formula is C13H15N3O4S. The maximum atomic E-state index is 12.0. The number of nitrogens with zero attached hydrogens (tertiary/aromatic N) is 1. The van der Waals surface area contributed by atoms with Gasteiger partial charge in [0.1, 0.15) is 6.04 Å². The third kappa shape index (κ3) is 4.69. The molecule has 1 atom stereocenters. The minimum absolute atomic E-state index is 0.00333. The van der Waals surface area contributed by atoms with Crippen LogP contribution >= 0.6 is 0 Å². The van der Waals surface area contributed by atoms with E-state index in [1.54, 1.807) is 30.3 Å². The molecule has 0 bridgehead atoms. The largest absolute Gasteiger partial charge is 0.480 e. The fourth-order valence-electron chi connectivity index (χ4n) is 1.85. The normalized spacial score (nSPS) is 13.0. The van der Waals surface area contributed by atoms with Crippen LogP contribution in [-0.4, -0.2) is 35.5 Å². The molecule has 1 heterocycles. The molecule has 0 aliphatic rings. The van der Waals surface area contributed by atoms with Crippen molar-refractivity contribution in [2.45, 2.75) is 18.2 Å². The molecule has 0 saturated carbocycles. The van der Waals surface area contributed by atoms with Gasteiger partial charge in [-0.1, -0.05) is 30.3 Å². The number of aromatic amines is 1. The van der Waals surface area contributed by atoms with Crippen LogP contribution in [-0.2, 0) is 27.0 Å². The van der Waals surface area contributed by atoms with Crippen molar-refractivity contribution in [2.75, 3.05) is 0 Å². The van der Waals surface area contributed by atoms with E-state index in [0.717, 1.165) is 0 Å². The first kappa shape index (κ1) is 15.2. The summed E-state index contributed by atoms with van der Waals surface area (Å²) in [6.07, 6.45) is 2.87. The molecule has 1 aromatic carbocycles. The summed E-state index contributed by atoms with van der Waals surface area (Å²) in [6.45, 7) is 0. The molecule has 2 rings (SSSR count). The molecule has 7 nitrogen and oxygen atoms in total. The average Bonchev–Trinajstić information content (AvgIpc) is 2.91. The Labute approximate surface area is 122 Å². The zero-order valence-electron chi connectivity index (χ0n) is 11.1. The van der Waals surface area contributed by atoms with E-state index in [9.17, 15) is 13.2 Å². The van der Waals surface area contributed by atoms with Crippen LogP contribution in [0, 0.1) is 0 Å². The molecule has 2 aromatic rings. The quantitative estimate of drug-likeness (QED) is 0.690. The van der Waals surface area contributed by atoms with Gasteiger partial charge in [-0.05, 0) is 5.56 Å². The van der Waals surface area contributed by atoms with Gasteiger partial charge in [-0.3, -0.25) is 4.79 Å². The van der Waals surface area contributed by atoms with Crippen molar-refractivity contribution in [3.05, 3.63) is 54.1 Å². The summed E-state index contributed by atoms with van der Waals surface area (Å²) >= 11 is 0. The monoisotopic (exact) mass is 309 g/mol. The molecule has 0 saturated heterocycles. The van der Waals surface area contributed by atoms with Crippen LogP contribution in [0.1, 0.15) is 11.3 Å². The van der Waals surface area contributed by atoms with Gasteiger partial charge < -0.3 is 10.1 Å². The van der Waals surface area contributed by atoms with E-state index in [1.165, 1.54) is 12.5 Å². The Balaban J connectivity index is 2.07. The highest BCUT2D eigenvalue weighted by molar-refractivity contribution is 7.88. The number of H-pyrrole nitrogens is 1. The maximum Gasteiger partial charge on any atom is 0.322 e. The van der Waals surface area contributed by atoms with E-state index in [1.807, 2.05) is 0 Å². The van der Waals surface area contributed by atoms with E-state index in [2.05, 4.69) is 14.7 Å². The second kappa shape index (κ2) is 6.51. The van der Waals surface area contributed by atoms with Crippen molar-refractivity contribution in [1.82, 2.24) is 14.7 Å². The van der Waals surface area contributed by atoms with Gasteiger partial charge in [-0.15, -0.1) is 0 Å². The number of aromatic nitrogens is 2. The zero-order valence-corrected chi connectivity index (χ0v) is 11.9. The smallest absolute Gasteiger partial charge is 0.322 e. The van der Waals surface area contributed by atoms with Crippen LogP contribution in [0.25, 0.3) is 0 Å². The molecule has 1 unspecified atom stereocenters. The Kier molecular flexibility index (Phi) is 4.71. The number of hydrogen-bond acceptors (Lipinski definition) is 4. The number of sulfonamides is 1. The second-order valence-corrected chi connectivity index (χ2v) is 6.29. The molecule has 0 amide bonds. The van der Waals surface area contributed by atoms with E-state index in [4.69, 9.17) is 5.11 Å². The zero-order chi connectivity index (χ0) is 15.3. The lowest BCUT2D eigenvalue weighted by molar-refractivity contribution is -0.138. The van der Waals surface area contributed by atoms with Crippen molar-refractivity contribution < 1.29 is 18.3 Å². The van der Waals surface area contributed by atoms with Gasteiger partial charge in [-0.2, -0.15) is 0 Å². The Morgan fingerprint density at radius 1 is 1.33 bits per heavy atom. The SMILES string of the molecule is O=C(O)C(Cc1cnc[nH]1)NS(=O)(=O)Cc1ccccc1. The van der Waals surface area contributed by atoms with Crippen LogP contribution in [0.5, 0.6) is 0 Å². The number of benzene rings is 1. The van der Waals surface area contributed by atoms with Crippen LogP contribution in [0.4, 0.5) is 0 Å². The third-order valence-electron chi connectivity index (χ3n) is 2.80. The first-order valence-corrected chi connectivity index (χ1v) is 7.85. The number of rotatable bonds is 7. The van der Waals surface area contributed by atoms with Crippen molar-refractivity contribution >= 4 is 16.0 Å². The van der Waals surface area contributed by atoms with E-state index in [0.29, 0.717) is 11.3 Å². The van der Waals surface area contributed by atoms with Crippen molar-refractivity contribution in [2.24, 2.45) is 0 Å². The van der Waals surface area contributed by atoms with E-state index < -0.39 is 22.0 Å². The molecule has 1 aromatic heterocycles. The van der Waals surface area contributed by atoms with Crippen molar-refractivity contribution in [1.29, 1.82) is 0 Å². The lowest BCUT2D eigenvalue weighted by Crippen LogP contribution is -2.42. The number of carboxylic acid groups (broad SMARTS) is 1. The number of hydrogen-bond donors (Lipinski definition) is 3. The Morgan fingerprint density at radius 2 is 2.05 bits per heavy atom. The Morgan fingerprint density at radius 3 is 2.62 bits per heavy atom. The van der Waals surface area contributed by atoms with Gasteiger partial charge in [-0.25, -0.2) is 18.1 Å². The summed E-state index contributed by atoms with van der Waals surface area (Å²) < 4.78 is 26.3. The minimum atomic E-state index is -3.75. The Hall–Kier alpha value is -2.19. The maximum absolute atomic E-state index is 12.0. The summed E-state index contributed by atoms with van der Waals surface area (Å²) in [5.74, 6) is -1.50. The van der Waals surface area contributed by atoms with Crippen LogP contribution < -0.4 is 4.72 Å². The van der Waals surface area contributed by atoms with Gasteiger partial charge >= 0.3 is 5.97 Å². The predicted octanol–water partition coefficient (Wildman–Crippen LogP) is 0.525. The van der Waals surface area contributed by atoms with Gasteiger partial charge in [0.05, 0.1) is 12.1 Å². The first-order chi connectivity index (χ1) is 9.96. The molecule has 3 N–H and O–H groups in total. The van der Waals surface area contributed by atoms with Crippen LogP contribution in [0.2, 0.25) is 0 Å². The third-order valence-corrected chi connectivity index (χ3v) is 4.16. The first-order valence-electron chi connectivity index (χ1n) is 6.20. The van der Waals surface area contributed by atoms with Crippen LogP contribution in [0.15, 0.2) is 42.9 Å². The molecule has 0 fully saturated rings. The molecule has 0 radical (unpaired) electrons. The molecular weight excluding hydrogens is 294 g/mol. The van der Waals surface area contributed by atoms with E-state index in [-0.39, 0.29) is 12.2 Å². The number of nitrogens with one attached hydrogen (secondary N) is 2. The highest BCUT2D eigenvalue weighted by atomic mass is 32.2. The molecule has 112 valence electrons. The molecule has 8 heteroatoms. The Bertz CT molecular complexity index is 683. The summed E-state index contributed by atoms with van der Waals surface area (Å²) in [7, 11) is -3.75. The molecule has 21 heavy (non-hydrogen) atoms. The fourth-order valence-corrected chi connectivity index (χ4v) is 3.18. The summed E-state index contributed by atoms with van der Waals surface area (Å²) in [5, 5.41) is 9.14. The second-order valence-electron chi connectivity index (χ2n) is 4.53. The summed E-state index contributed by atoms with van der Waals surface area (Å²) in [5.41, 5.74) is 1.14. The highest BCUT2D eigenvalue weighted by Crippen LogP contribution is 2.07. The van der Waals surface area contributed by atoms with Gasteiger partial charge in [0.25, 0.3) is 0 Å². The summed E-state index contributed by atoms with van der Waals surface area (Å²) in [6, 6.07) is 7.34. The van der Waals surface area contributed by atoms with E-state index >= 15 is 0 Å². The predicted molar refractivity (Wildman–Crippen MR) is 75.9 cm³/mol. The fraction of sp³-hybridized carbons (Fsp3) is 0.231. The summed E-state index contributed by atoms with van der Waals surface area (Å²) in [4.78, 5) is 17.7. The average molecular weight is 309 g/mol. The van der Waals surface area contributed by atoms with Gasteiger partial charge in [0, 0.05) is 18.3 Å². The highest BCUT2D eigenvalue weighted by Gasteiger charge is 2.24. The van der Waals surface area contributed by atoms with Crippen LogP contribution in [0.3, 0.4) is 0 Å². The number of imidazole rings is 1. The molecule has 0 spiro atoms. The van der Waals surface area contributed by atoms with Crippen molar-refractivity contribution in [3.8, 4) is 0 Å². The lowest BCUT2D eigenvalue weighted by Gasteiger charge is -2.14. The van der Waals surface area contributed by atoms with Gasteiger partial charge in [0.2, 0.25) is 10.0 Å². The minimum Gasteiger partial charge on any atom is -0.480 e. The van der Waals surface area contributed by atoms with Gasteiger partial charge in [0.15, 0.2) is 0 Å². The number of carbonyl (C=O) groups is 1. The van der Waals surface area contributed by atoms with Crippen molar-refractivity contribution in [3.63, 3.8) is 0 Å². The number of carboxylic acids is 1. The lowest BCUT2D eigenvalue weighted by atomic mass is 10.2.